The molecule has 0 spiro atoms. The van der Waals surface area contributed by atoms with Crippen LogP contribution < -0.4 is 5.69 Å². The number of phenols is 1. The number of hydrogen-bond acceptors (Lipinski definition) is 3. The zero-order chi connectivity index (χ0) is 16.6. The number of nitrogens with one attached hydrogen (secondary N) is 1. The second-order valence-electron chi connectivity index (χ2n) is 5.00. The molecule has 5 nitrogen and oxygen atoms in total. The van der Waals surface area contributed by atoms with Gasteiger partial charge in [-0.25, -0.2) is 9.36 Å². The Morgan fingerprint density at radius 2 is 1.70 bits per heavy atom. The minimum Gasteiger partial charge on any atom is -0.508 e. The smallest absolute Gasteiger partial charge is 0.333 e. The molecule has 0 amide bonds. The topological polar surface area (TPSA) is 78.2 Å². The first kappa shape index (κ1) is 15.5. The van der Waals surface area contributed by atoms with Gasteiger partial charge in [-0.05, 0) is 29.8 Å². The van der Waals surface area contributed by atoms with Crippen LogP contribution in [0.5, 0.6) is 11.6 Å². The van der Waals surface area contributed by atoms with Gasteiger partial charge in [-0.1, -0.05) is 41.4 Å². The van der Waals surface area contributed by atoms with Crippen LogP contribution in [0.4, 0.5) is 0 Å². The second kappa shape index (κ2) is 6.02. The van der Waals surface area contributed by atoms with Crippen molar-refractivity contribution in [2.45, 2.75) is 6.42 Å². The van der Waals surface area contributed by atoms with Crippen molar-refractivity contribution < 1.29 is 10.2 Å². The van der Waals surface area contributed by atoms with Crippen LogP contribution in [-0.4, -0.2) is 19.8 Å². The molecule has 0 saturated carbocycles. The largest absolute Gasteiger partial charge is 0.508 e. The third kappa shape index (κ3) is 3.06. The van der Waals surface area contributed by atoms with Crippen LogP contribution in [0.2, 0.25) is 10.0 Å². The molecule has 23 heavy (non-hydrogen) atoms. The van der Waals surface area contributed by atoms with E-state index in [-0.39, 0.29) is 23.7 Å². The van der Waals surface area contributed by atoms with E-state index in [0.717, 1.165) is 4.57 Å². The number of imidazole rings is 1. The molecule has 0 aliphatic carbocycles. The van der Waals surface area contributed by atoms with Crippen molar-refractivity contribution in [1.29, 1.82) is 0 Å². The van der Waals surface area contributed by atoms with Crippen LogP contribution in [0.3, 0.4) is 0 Å². The summed E-state index contributed by atoms with van der Waals surface area (Å²) in [6.07, 6.45) is 0.176. The fraction of sp³-hybridized carbons (Fsp3) is 0.0625. The Labute approximate surface area is 141 Å². The Morgan fingerprint density at radius 1 is 1.04 bits per heavy atom. The van der Waals surface area contributed by atoms with Crippen LogP contribution in [0.15, 0.2) is 47.3 Å². The van der Waals surface area contributed by atoms with Gasteiger partial charge in [0.05, 0.1) is 11.4 Å². The number of rotatable bonds is 3. The number of halogens is 2. The third-order valence-corrected chi connectivity index (χ3v) is 3.84. The van der Waals surface area contributed by atoms with Gasteiger partial charge in [-0.2, -0.15) is 0 Å². The normalized spacial score (nSPS) is 10.9. The van der Waals surface area contributed by atoms with Crippen molar-refractivity contribution in [3.63, 3.8) is 0 Å². The van der Waals surface area contributed by atoms with Crippen molar-refractivity contribution in [1.82, 2.24) is 9.55 Å². The number of benzene rings is 2. The molecule has 0 saturated heterocycles. The van der Waals surface area contributed by atoms with Crippen LogP contribution in [0, 0.1) is 0 Å². The summed E-state index contributed by atoms with van der Waals surface area (Å²) in [6.45, 7) is 0. The first-order valence-electron chi connectivity index (χ1n) is 6.72. The van der Waals surface area contributed by atoms with E-state index in [4.69, 9.17) is 23.2 Å². The summed E-state index contributed by atoms with van der Waals surface area (Å²) >= 11 is 11.9. The number of para-hydroxylation sites is 1. The molecule has 0 unspecified atom stereocenters. The van der Waals surface area contributed by atoms with Gasteiger partial charge in [0.2, 0.25) is 5.88 Å². The van der Waals surface area contributed by atoms with Crippen LogP contribution in [0.1, 0.15) is 11.3 Å². The number of aromatic hydroxyl groups is 2. The number of H-pyrrole nitrogens is 1. The molecule has 0 atom stereocenters. The van der Waals surface area contributed by atoms with E-state index >= 15 is 0 Å². The van der Waals surface area contributed by atoms with E-state index in [1.54, 1.807) is 18.2 Å². The van der Waals surface area contributed by atoms with Crippen molar-refractivity contribution in [2.75, 3.05) is 0 Å². The highest BCUT2D eigenvalue weighted by molar-refractivity contribution is 6.34. The molecular formula is C16H12Cl2N2O3. The van der Waals surface area contributed by atoms with E-state index in [1.165, 1.54) is 24.3 Å². The number of hydrogen-bond donors (Lipinski definition) is 3. The van der Waals surface area contributed by atoms with Gasteiger partial charge in [0.1, 0.15) is 5.75 Å². The Balaban J connectivity index is 2.06. The molecule has 3 aromatic rings. The minimum atomic E-state index is -0.522. The van der Waals surface area contributed by atoms with Gasteiger partial charge in [0.15, 0.2) is 0 Å². The zero-order valence-corrected chi connectivity index (χ0v) is 13.3. The third-order valence-electron chi connectivity index (χ3n) is 3.41. The van der Waals surface area contributed by atoms with Crippen molar-refractivity contribution in [3.05, 3.63) is 74.3 Å². The van der Waals surface area contributed by atoms with Crippen LogP contribution in [0.25, 0.3) is 5.69 Å². The molecule has 0 aliphatic heterocycles. The minimum absolute atomic E-state index is 0.0892. The first-order valence-corrected chi connectivity index (χ1v) is 7.47. The number of aromatic amines is 1. The molecule has 0 bridgehead atoms. The maximum absolute atomic E-state index is 12.2. The van der Waals surface area contributed by atoms with E-state index in [2.05, 4.69) is 4.98 Å². The first-order chi connectivity index (χ1) is 11.0. The monoisotopic (exact) mass is 350 g/mol. The van der Waals surface area contributed by atoms with Gasteiger partial charge in [-0.3, -0.25) is 0 Å². The molecule has 1 aromatic heterocycles. The quantitative estimate of drug-likeness (QED) is 0.676. The summed E-state index contributed by atoms with van der Waals surface area (Å²) in [4.78, 5) is 14.7. The zero-order valence-electron chi connectivity index (χ0n) is 11.8. The average Bonchev–Trinajstić information content (AvgIpc) is 2.75. The molecule has 3 rings (SSSR count). The van der Waals surface area contributed by atoms with E-state index in [9.17, 15) is 15.0 Å². The lowest BCUT2D eigenvalue weighted by atomic mass is 10.1. The van der Waals surface area contributed by atoms with Gasteiger partial charge < -0.3 is 15.2 Å². The molecule has 118 valence electrons. The van der Waals surface area contributed by atoms with Gasteiger partial charge in [0.25, 0.3) is 0 Å². The molecule has 3 N–H and O–H groups in total. The molecule has 0 radical (unpaired) electrons. The molecule has 7 heteroatoms. The van der Waals surface area contributed by atoms with Crippen LogP contribution in [-0.2, 0) is 6.42 Å². The Morgan fingerprint density at radius 3 is 2.35 bits per heavy atom. The Kier molecular flexibility index (Phi) is 4.07. The summed E-state index contributed by atoms with van der Waals surface area (Å²) in [7, 11) is 0. The maximum atomic E-state index is 12.2. The van der Waals surface area contributed by atoms with Crippen molar-refractivity contribution in [2.24, 2.45) is 0 Å². The predicted molar refractivity (Wildman–Crippen MR) is 89.0 cm³/mol. The molecular weight excluding hydrogens is 339 g/mol. The SMILES string of the molecule is O=c1[nH]c(Cc2ccccc2O)c(O)n1-c1cc(Cl)cc(Cl)c1. The Hall–Kier alpha value is -2.37. The molecule has 2 aromatic carbocycles. The highest BCUT2D eigenvalue weighted by atomic mass is 35.5. The highest BCUT2D eigenvalue weighted by Gasteiger charge is 2.16. The summed E-state index contributed by atoms with van der Waals surface area (Å²) in [6, 6.07) is 11.3. The van der Waals surface area contributed by atoms with Gasteiger partial charge in [-0.15, -0.1) is 0 Å². The van der Waals surface area contributed by atoms with E-state index in [1.807, 2.05) is 0 Å². The summed E-state index contributed by atoms with van der Waals surface area (Å²) in [5, 5.41) is 20.9. The van der Waals surface area contributed by atoms with Crippen molar-refractivity contribution in [3.8, 4) is 17.3 Å². The average molecular weight is 351 g/mol. The lowest BCUT2D eigenvalue weighted by Crippen LogP contribution is -2.14. The maximum Gasteiger partial charge on any atom is 0.333 e. The number of phenolic OH excluding ortho intramolecular Hbond substituents is 1. The summed E-state index contributed by atoms with van der Waals surface area (Å²) in [5.41, 5.74) is 0.698. The Bertz CT molecular complexity index is 911. The van der Waals surface area contributed by atoms with E-state index < -0.39 is 5.69 Å². The second-order valence-corrected chi connectivity index (χ2v) is 5.87. The van der Waals surface area contributed by atoms with E-state index in [0.29, 0.717) is 21.3 Å². The van der Waals surface area contributed by atoms with Crippen molar-refractivity contribution >= 4 is 23.2 Å². The predicted octanol–water partition coefficient (Wildman–Crippen LogP) is 3.47. The highest BCUT2D eigenvalue weighted by Crippen LogP contribution is 2.27. The fourth-order valence-corrected chi connectivity index (χ4v) is 2.87. The lowest BCUT2D eigenvalue weighted by molar-refractivity contribution is 0.434. The number of nitrogens with zero attached hydrogens (tertiary/aromatic N) is 1. The lowest BCUT2D eigenvalue weighted by Gasteiger charge is -2.06. The number of aromatic nitrogens is 2. The summed E-state index contributed by atoms with van der Waals surface area (Å²) in [5.74, 6) is -0.164. The van der Waals surface area contributed by atoms with Gasteiger partial charge >= 0.3 is 5.69 Å². The standard InChI is InChI=1S/C16H12Cl2N2O3/c17-10-6-11(18)8-12(7-10)20-15(22)13(19-16(20)23)5-9-3-1-2-4-14(9)21/h1-4,6-8,21-22H,5H2,(H,19,23). The molecule has 1 heterocycles. The molecule has 0 aliphatic rings. The van der Waals surface area contributed by atoms with Gasteiger partial charge in [0, 0.05) is 16.5 Å². The fourth-order valence-electron chi connectivity index (χ4n) is 2.35. The molecule has 0 fully saturated rings. The summed E-state index contributed by atoms with van der Waals surface area (Å²) < 4.78 is 1.08. The van der Waals surface area contributed by atoms with Crippen LogP contribution >= 0.6 is 23.2 Å².